The highest BCUT2D eigenvalue weighted by Crippen LogP contribution is 2.30. The predicted octanol–water partition coefficient (Wildman–Crippen LogP) is 4.29. The van der Waals surface area contributed by atoms with Crippen molar-refractivity contribution in [1.29, 1.82) is 0 Å². The van der Waals surface area contributed by atoms with E-state index >= 15 is 0 Å². The Morgan fingerprint density at radius 3 is 2.69 bits per heavy atom. The minimum absolute atomic E-state index is 0.00864. The van der Waals surface area contributed by atoms with Gasteiger partial charge in [-0.3, -0.25) is 4.79 Å². The van der Waals surface area contributed by atoms with Crippen LogP contribution < -0.4 is 20.1 Å². The van der Waals surface area contributed by atoms with Crippen molar-refractivity contribution in [3.63, 3.8) is 0 Å². The first-order valence-corrected chi connectivity index (χ1v) is 9.75. The number of allylic oxidation sites excluding steroid dienone is 1. The van der Waals surface area contributed by atoms with Crippen molar-refractivity contribution in [2.24, 2.45) is 0 Å². The monoisotopic (exact) mass is 360 g/mol. The summed E-state index contributed by atoms with van der Waals surface area (Å²) < 4.78 is 11.2. The Hall–Kier alpha value is -2.17. The SMILES string of the molecule is CCOc1ccc(OCC)c(NC(C)C(=O)NCCC2=CCCCC2)c1. The van der Waals surface area contributed by atoms with Crippen LogP contribution >= 0.6 is 0 Å². The van der Waals surface area contributed by atoms with E-state index < -0.39 is 0 Å². The lowest BCUT2D eigenvalue weighted by molar-refractivity contribution is -0.121. The molecule has 0 spiro atoms. The molecule has 1 aliphatic carbocycles. The van der Waals surface area contributed by atoms with E-state index in [1.165, 1.54) is 31.3 Å². The third-order valence-electron chi connectivity index (χ3n) is 4.46. The average Bonchev–Trinajstić information content (AvgIpc) is 2.65. The van der Waals surface area contributed by atoms with Crippen LogP contribution in [0.15, 0.2) is 29.8 Å². The van der Waals surface area contributed by atoms with Crippen LogP contribution in [-0.2, 0) is 4.79 Å². The van der Waals surface area contributed by atoms with Gasteiger partial charge in [-0.15, -0.1) is 0 Å². The maximum absolute atomic E-state index is 12.4. The van der Waals surface area contributed by atoms with Crippen LogP contribution in [-0.4, -0.2) is 31.7 Å². The third kappa shape index (κ3) is 6.28. The first-order chi connectivity index (χ1) is 12.6. The highest BCUT2D eigenvalue weighted by molar-refractivity contribution is 5.84. The van der Waals surface area contributed by atoms with Crippen LogP contribution in [0, 0.1) is 0 Å². The largest absolute Gasteiger partial charge is 0.494 e. The summed E-state index contributed by atoms with van der Waals surface area (Å²) in [5.41, 5.74) is 2.25. The van der Waals surface area contributed by atoms with Crippen molar-refractivity contribution in [2.45, 2.75) is 58.9 Å². The van der Waals surface area contributed by atoms with Crippen molar-refractivity contribution in [1.82, 2.24) is 5.32 Å². The predicted molar refractivity (Wildman–Crippen MR) is 106 cm³/mol. The summed E-state index contributed by atoms with van der Waals surface area (Å²) in [5, 5.41) is 6.28. The Balaban J connectivity index is 1.89. The number of amides is 1. The smallest absolute Gasteiger partial charge is 0.242 e. The molecule has 2 rings (SSSR count). The second-order valence-corrected chi connectivity index (χ2v) is 6.54. The molecule has 1 amide bonds. The van der Waals surface area contributed by atoms with Crippen LogP contribution in [0.3, 0.4) is 0 Å². The summed E-state index contributed by atoms with van der Waals surface area (Å²) >= 11 is 0. The van der Waals surface area contributed by atoms with Crippen LogP contribution in [0.25, 0.3) is 0 Å². The van der Waals surface area contributed by atoms with Crippen molar-refractivity contribution >= 4 is 11.6 Å². The standard InChI is InChI=1S/C21H32N2O3/c1-4-25-18-11-12-20(26-5-2)19(15-18)23-16(3)21(24)22-14-13-17-9-7-6-8-10-17/h9,11-12,15-16,23H,4-8,10,13-14H2,1-3H3,(H,22,24). The number of anilines is 1. The van der Waals surface area contributed by atoms with Crippen molar-refractivity contribution in [2.75, 3.05) is 25.1 Å². The highest BCUT2D eigenvalue weighted by Gasteiger charge is 2.15. The number of benzene rings is 1. The van der Waals surface area contributed by atoms with Gasteiger partial charge in [-0.25, -0.2) is 0 Å². The Kier molecular flexibility index (Phi) is 8.32. The second kappa shape index (κ2) is 10.7. The van der Waals surface area contributed by atoms with E-state index in [9.17, 15) is 4.79 Å². The van der Waals surface area contributed by atoms with Gasteiger partial charge in [-0.05, 0) is 65.0 Å². The molecule has 0 saturated heterocycles. The second-order valence-electron chi connectivity index (χ2n) is 6.54. The lowest BCUT2D eigenvalue weighted by Gasteiger charge is -2.19. The number of nitrogens with one attached hydrogen (secondary N) is 2. The van der Waals surface area contributed by atoms with Gasteiger partial charge >= 0.3 is 0 Å². The molecule has 1 unspecified atom stereocenters. The quantitative estimate of drug-likeness (QED) is 0.611. The summed E-state index contributed by atoms with van der Waals surface area (Å²) in [4.78, 5) is 12.4. The molecular formula is C21H32N2O3. The maximum Gasteiger partial charge on any atom is 0.242 e. The van der Waals surface area contributed by atoms with Gasteiger partial charge in [0.2, 0.25) is 5.91 Å². The van der Waals surface area contributed by atoms with Crippen LogP contribution in [0.2, 0.25) is 0 Å². The number of ether oxygens (including phenoxy) is 2. The number of carbonyl (C=O) groups excluding carboxylic acids is 1. The van der Waals surface area contributed by atoms with E-state index in [4.69, 9.17) is 9.47 Å². The number of carbonyl (C=O) groups is 1. The van der Waals surface area contributed by atoms with Gasteiger partial charge < -0.3 is 20.1 Å². The zero-order valence-electron chi connectivity index (χ0n) is 16.3. The molecule has 1 aromatic rings. The summed E-state index contributed by atoms with van der Waals surface area (Å²) in [6.07, 6.45) is 8.19. The Bertz CT molecular complexity index is 613. The molecule has 0 fully saturated rings. The van der Waals surface area contributed by atoms with Gasteiger partial charge in [0.05, 0.1) is 18.9 Å². The van der Waals surface area contributed by atoms with Gasteiger partial charge in [-0.2, -0.15) is 0 Å². The number of rotatable bonds is 10. The fourth-order valence-corrected chi connectivity index (χ4v) is 3.09. The lowest BCUT2D eigenvalue weighted by atomic mass is 9.97. The zero-order chi connectivity index (χ0) is 18.8. The summed E-state index contributed by atoms with van der Waals surface area (Å²) in [6.45, 7) is 7.60. The molecule has 26 heavy (non-hydrogen) atoms. The number of hydrogen-bond acceptors (Lipinski definition) is 4. The highest BCUT2D eigenvalue weighted by atomic mass is 16.5. The molecule has 0 aromatic heterocycles. The lowest BCUT2D eigenvalue weighted by Crippen LogP contribution is -2.38. The normalized spacial score (nSPS) is 15.0. The number of hydrogen-bond donors (Lipinski definition) is 2. The van der Waals surface area contributed by atoms with Gasteiger partial charge in [0.15, 0.2) is 0 Å². The van der Waals surface area contributed by atoms with Crippen molar-refractivity contribution in [3.8, 4) is 11.5 Å². The summed E-state index contributed by atoms with van der Waals surface area (Å²) in [5.74, 6) is 1.48. The van der Waals surface area contributed by atoms with Gasteiger partial charge in [0.1, 0.15) is 17.5 Å². The van der Waals surface area contributed by atoms with E-state index in [0.29, 0.717) is 19.8 Å². The molecular weight excluding hydrogens is 328 g/mol. The minimum Gasteiger partial charge on any atom is -0.494 e. The first kappa shape index (κ1) is 20.1. The summed E-state index contributed by atoms with van der Waals surface area (Å²) in [6, 6.07) is 5.27. The molecule has 1 aromatic carbocycles. The molecule has 1 atom stereocenters. The average molecular weight is 360 g/mol. The molecule has 5 heteroatoms. The topological polar surface area (TPSA) is 59.6 Å². The molecule has 0 bridgehead atoms. The van der Waals surface area contributed by atoms with E-state index in [-0.39, 0.29) is 11.9 Å². The molecule has 5 nitrogen and oxygen atoms in total. The van der Waals surface area contributed by atoms with E-state index in [1.807, 2.05) is 39.0 Å². The fourth-order valence-electron chi connectivity index (χ4n) is 3.09. The van der Waals surface area contributed by atoms with E-state index in [0.717, 1.165) is 23.6 Å². The van der Waals surface area contributed by atoms with Crippen molar-refractivity contribution < 1.29 is 14.3 Å². The van der Waals surface area contributed by atoms with E-state index in [2.05, 4.69) is 16.7 Å². The zero-order valence-corrected chi connectivity index (χ0v) is 16.3. The Morgan fingerprint density at radius 1 is 1.19 bits per heavy atom. The van der Waals surface area contributed by atoms with Gasteiger partial charge in [0.25, 0.3) is 0 Å². The molecule has 0 heterocycles. The Labute approximate surface area is 157 Å². The minimum atomic E-state index is -0.355. The van der Waals surface area contributed by atoms with Gasteiger partial charge in [0, 0.05) is 12.6 Å². The Morgan fingerprint density at radius 2 is 2.00 bits per heavy atom. The first-order valence-electron chi connectivity index (χ1n) is 9.75. The van der Waals surface area contributed by atoms with Crippen LogP contribution in [0.1, 0.15) is 52.9 Å². The van der Waals surface area contributed by atoms with Crippen LogP contribution in [0.4, 0.5) is 5.69 Å². The fraction of sp³-hybridized carbons (Fsp3) is 0.571. The van der Waals surface area contributed by atoms with Gasteiger partial charge in [-0.1, -0.05) is 11.6 Å². The van der Waals surface area contributed by atoms with Crippen LogP contribution in [0.5, 0.6) is 11.5 Å². The molecule has 1 aliphatic rings. The molecule has 144 valence electrons. The maximum atomic E-state index is 12.4. The molecule has 2 N–H and O–H groups in total. The molecule has 0 radical (unpaired) electrons. The van der Waals surface area contributed by atoms with E-state index in [1.54, 1.807) is 0 Å². The van der Waals surface area contributed by atoms with Crippen molar-refractivity contribution in [3.05, 3.63) is 29.8 Å². The molecule has 0 aliphatic heterocycles. The molecule has 0 saturated carbocycles. The third-order valence-corrected chi connectivity index (χ3v) is 4.46. The summed E-state index contributed by atoms with van der Waals surface area (Å²) in [7, 11) is 0.